The lowest BCUT2D eigenvalue weighted by atomic mass is 9.47. The molecule has 0 amide bonds. The van der Waals surface area contributed by atoms with E-state index in [2.05, 4.69) is 20.8 Å². The van der Waals surface area contributed by atoms with Crippen LogP contribution in [-0.2, 0) is 0 Å². The minimum absolute atomic E-state index is 0.137. The molecule has 2 N–H and O–H groups in total. The Morgan fingerprint density at radius 3 is 2.46 bits per heavy atom. The quantitative estimate of drug-likeness (QED) is 0.429. The Hall–Kier alpha value is -1.26. The molecule has 194 valence electrons. The molecule has 1 aromatic rings. The van der Waals surface area contributed by atoms with Gasteiger partial charge in [0.1, 0.15) is 11.6 Å². The van der Waals surface area contributed by atoms with E-state index < -0.39 is 6.10 Å². The van der Waals surface area contributed by atoms with Gasteiger partial charge in [-0.25, -0.2) is 8.78 Å². The fourth-order valence-corrected chi connectivity index (χ4v) is 9.23. The number of allylic oxidation sites excluding steroid dienone is 2. The molecule has 4 heteroatoms. The molecule has 2 unspecified atom stereocenters. The van der Waals surface area contributed by atoms with Gasteiger partial charge in [-0.1, -0.05) is 51.8 Å². The number of fused-ring (bicyclic) bond motifs is 5. The normalized spacial score (nSPS) is 40.6. The highest BCUT2D eigenvalue weighted by atomic mass is 19.1. The topological polar surface area (TPSA) is 40.5 Å². The average molecular weight is 487 g/mol. The smallest absolute Gasteiger partial charge is 0.128 e. The molecule has 35 heavy (non-hydrogen) atoms. The van der Waals surface area contributed by atoms with Gasteiger partial charge in [-0.15, -0.1) is 0 Å². The first-order valence-electron chi connectivity index (χ1n) is 14.1. The lowest BCUT2D eigenvalue weighted by Gasteiger charge is -2.58. The fraction of sp³-hybridized carbons (Fsp3) is 0.742. The molecule has 5 rings (SSSR count). The van der Waals surface area contributed by atoms with E-state index in [1.54, 1.807) is 18.2 Å². The molecule has 9 atom stereocenters. The molecule has 0 heterocycles. The Morgan fingerprint density at radius 2 is 1.69 bits per heavy atom. The van der Waals surface area contributed by atoms with E-state index in [0.29, 0.717) is 42.1 Å². The second kappa shape index (κ2) is 9.56. The molecule has 3 fully saturated rings. The summed E-state index contributed by atoms with van der Waals surface area (Å²) in [7, 11) is 0. The van der Waals surface area contributed by atoms with Crippen LogP contribution in [-0.4, -0.2) is 16.3 Å². The Labute approximate surface area is 210 Å². The summed E-state index contributed by atoms with van der Waals surface area (Å²) in [5.74, 6) is 1.87. The first kappa shape index (κ1) is 25.4. The summed E-state index contributed by atoms with van der Waals surface area (Å²) in [6, 6.07) is 6.52. The van der Waals surface area contributed by atoms with E-state index in [1.807, 2.05) is 0 Å². The maximum absolute atomic E-state index is 15.7. The van der Waals surface area contributed by atoms with E-state index in [1.165, 1.54) is 11.6 Å². The van der Waals surface area contributed by atoms with Crippen LogP contribution < -0.4 is 0 Å². The van der Waals surface area contributed by atoms with Crippen molar-refractivity contribution in [2.45, 2.75) is 104 Å². The average Bonchev–Trinajstić information content (AvgIpc) is 3.17. The van der Waals surface area contributed by atoms with E-state index in [-0.39, 0.29) is 34.5 Å². The summed E-state index contributed by atoms with van der Waals surface area (Å²) in [5, 5.41) is 20.8. The van der Waals surface area contributed by atoms with Gasteiger partial charge in [0.2, 0.25) is 0 Å². The van der Waals surface area contributed by atoms with Gasteiger partial charge >= 0.3 is 0 Å². The van der Waals surface area contributed by atoms with Crippen LogP contribution in [0, 0.1) is 46.2 Å². The van der Waals surface area contributed by atoms with Gasteiger partial charge in [-0.3, -0.25) is 0 Å². The van der Waals surface area contributed by atoms with Crippen molar-refractivity contribution in [3.63, 3.8) is 0 Å². The first-order valence-corrected chi connectivity index (χ1v) is 14.1. The Balaban J connectivity index is 1.26. The van der Waals surface area contributed by atoms with Crippen LogP contribution in [0.4, 0.5) is 8.78 Å². The van der Waals surface area contributed by atoms with Gasteiger partial charge in [0, 0.05) is 12.0 Å². The SMILES string of the molecule is C[C@H](CCCC(O)c1ccccc1F)[C@H]1CC[C@H]2C3=C(F)CC4C[C@@H](O)CC[C@]4(C)[C@H]3CC[C@]12C. The van der Waals surface area contributed by atoms with Crippen LogP contribution in [0.3, 0.4) is 0 Å². The molecule has 1 aromatic carbocycles. The van der Waals surface area contributed by atoms with Gasteiger partial charge < -0.3 is 10.2 Å². The molecule has 0 aromatic heterocycles. The van der Waals surface area contributed by atoms with Gasteiger partial charge in [0.05, 0.1) is 12.2 Å². The van der Waals surface area contributed by atoms with Gasteiger partial charge in [0.25, 0.3) is 0 Å². The van der Waals surface area contributed by atoms with Crippen molar-refractivity contribution < 1.29 is 19.0 Å². The van der Waals surface area contributed by atoms with Crippen molar-refractivity contribution in [1.82, 2.24) is 0 Å². The van der Waals surface area contributed by atoms with Crippen molar-refractivity contribution in [1.29, 1.82) is 0 Å². The van der Waals surface area contributed by atoms with Gasteiger partial charge in [0.15, 0.2) is 0 Å². The summed E-state index contributed by atoms with van der Waals surface area (Å²) in [4.78, 5) is 0. The highest BCUT2D eigenvalue weighted by Crippen LogP contribution is 2.68. The van der Waals surface area contributed by atoms with Crippen LogP contribution in [0.1, 0.15) is 103 Å². The highest BCUT2D eigenvalue weighted by molar-refractivity contribution is 5.30. The number of hydrogen-bond acceptors (Lipinski definition) is 2. The molecule has 0 aliphatic heterocycles. The Kier molecular flexibility index (Phi) is 6.94. The minimum Gasteiger partial charge on any atom is -0.393 e. The van der Waals surface area contributed by atoms with E-state index >= 15 is 4.39 Å². The predicted octanol–water partition coefficient (Wildman–Crippen LogP) is 7.90. The van der Waals surface area contributed by atoms with Crippen molar-refractivity contribution >= 4 is 0 Å². The molecule has 0 radical (unpaired) electrons. The van der Waals surface area contributed by atoms with Crippen LogP contribution in [0.25, 0.3) is 0 Å². The third-order valence-electron chi connectivity index (χ3n) is 11.3. The summed E-state index contributed by atoms with van der Waals surface area (Å²) >= 11 is 0. The third kappa shape index (κ3) is 4.31. The predicted molar refractivity (Wildman–Crippen MR) is 136 cm³/mol. The molecule has 4 aliphatic carbocycles. The molecule has 0 bridgehead atoms. The van der Waals surface area contributed by atoms with Crippen LogP contribution in [0.15, 0.2) is 35.7 Å². The number of halogens is 2. The van der Waals surface area contributed by atoms with E-state index in [0.717, 1.165) is 57.8 Å². The number of benzene rings is 1. The maximum Gasteiger partial charge on any atom is 0.128 e. The second-order valence-electron chi connectivity index (χ2n) is 13.0. The molecule has 0 saturated heterocycles. The first-order chi connectivity index (χ1) is 16.6. The number of aliphatic hydroxyl groups excluding tert-OH is 2. The number of rotatable bonds is 6. The van der Waals surface area contributed by atoms with E-state index in [4.69, 9.17) is 0 Å². The molecule has 4 aliphatic rings. The molecular formula is C31H44F2O2. The number of hydrogen-bond donors (Lipinski definition) is 2. The van der Waals surface area contributed by atoms with Crippen molar-refractivity contribution in [3.8, 4) is 0 Å². The second-order valence-corrected chi connectivity index (χ2v) is 13.0. The summed E-state index contributed by atoms with van der Waals surface area (Å²) < 4.78 is 29.8. The maximum atomic E-state index is 15.7. The summed E-state index contributed by atoms with van der Waals surface area (Å²) in [6.45, 7) is 7.15. The van der Waals surface area contributed by atoms with Crippen molar-refractivity contribution in [3.05, 3.63) is 47.0 Å². The zero-order valence-corrected chi connectivity index (χ0v) is 21.8. The van der Waals surface area contributed by atoms with Gasteiger partial charge in [-0.2, -0.15) is 0 Å². The minimum atomic E-state index is -0.755. The summed E-state index contributed by atoms with van der Waals surface area (Å²) in [5.41, 5.74) is 1.84. The number of aliphatic hydroxyl groups is 2. The molecular weight excluding hydrogens is 442 g/mol. The molecule has 2 nitrogen and oxygen atoms in total. The summed E-state index contributed by atoms with van der Waals surface area (Å²) in [6.07, 6.45) is 9.10. The van der Waals surface area contributed by atoms with Crippen LogP contribution >= 0.6 is 0 Å². The lowest BCUT2D eigenvalue weighted by molar-refractivity contribution is -0.0496. The largest absolute Gasteiger partial charge is 0.393 e. The lowest BCUT2D eigenvalue weighted by Crippen LogP contribution is -2.50. The van der Waals surface area contributed by atoms with Crippen molar-refractivity contribution in [2.75, 3.05) is 0 Å². The standard InChI is InChI=1S/C31H44F2O2/c1-19(7-6-10-28(35)22-8-4-5-9-26(22)32)23-11-12-24-29-25(14-16-31(23,24)3)30(2)15-13-21(34)17-20(30)18-27(29)33/h4-5,8-9,19-21,23-25,28,34-35H,6-7,10-18H2,1-3H3/t19-,20?,21+,23-,24+,25+,28?,30+,31-/m1/s1. The van der Waals surface area contributed by atoms with Gasteiger partial charge in [-0.05, 0) is 103 Å². The third-order valence-corrected chi connectivity index (χ3v) is 11.3. The zero-order chi connectivity index (χ0) is 25.0. The van der Waals surface area contributed by atoms with Crippen LogP contribution in [0.5, 0.6) is 0 Å². The Bertz CT molecular complexity index is 959. The molecule has 3 saturated carbocycles. The van der Waals surface area contributed by atoms with Crippen LogP contribution in [0.2, 0.25) is 0 Å². The zero-order valence-electron chi connectivity index (χ0n) is 21.8. The monoisotopic (exact) mass is 486 g/mol. The highest BCUT2D eigenvalue weighted by Gasteiger charge is 2.59. The Morgan fingerprint density at radius 1 is 0.971 bits per heavy atom. The van der Waals surface area contributed by atoms with Crippen molar-refractivity contribution in [2.24, 2.45) is 40.4 Å². The fourth-order valence-electron chi connectivity index (χ4n) is 9.23. The van der Waals surface area contributed by atoms with E-state index in [9.17, 15) is 14.6 Å². The molecule has 0 spiro atoms.